The van der Waals surface area contributed by atoms with Gasteiger partial charge in [0.05, 0.1) is 16.5 Å². The molecule has 1 aliphatic heterocycles. The van der Waals surface area contributed by atoms with Crippen LogP contribution in [-0.2, 0) is 21.0 Å². The van der Waals surface area contributed by atoms with Gasteiger partial charge in [0.15, 0.2) is 0 Å². The molecule has 1 aromatic rings. The number of nitrogens with one attached hydrogen (secondary N) is 1. The molecule has 2 aliphatic rings. The summed E-state index contributed by atoms with van der Waals surface area (Å²) >= 11 is 0. The highest BCUT2D eigenvalue weighted by Gasteiger charge is 2.46. The number of alkyl halides is 3. The average Bonchev–Trinajstić information content (AvgIpc) is 3.35. The van der Waals surface area contributed by atoms with Crippen molar-refractivity contribution in [2.45, 2.75) is 48.8 Å². The van der Waals surface area contributed by atoms with E-state index < -0.39 is 33.9 Å². The number of fused-ring (bicyclic) bond motifs is 1. The molecule has 2 unspecified atom stereocenters. The number of hydrogen-bond donors (Lipinski definition) is 2. The molecular formula is C21H28F3N3O5S. The molecule has 0 radical (unpaired) electrons. The zero-order valence-electron chi connectivity index (χ0n) is 18.2. The number of carbonyl (C=O) groups is 2. The first-order valence-electron chi connectivity index (χ1n) is 10.8. The molecule has 2 fully saturated rings. The molecule has 4 atom stereocenters. The van der Waals surface area contributed by atoms with Gasteiger partial charge in [0, 0.05) is 26.2 Å². The Morgan fingerprint density at radius 3 is 2.52 bits per heavy atom. The maximum absolute atomic E-state index is 13.0. The van der Waals surface area contributed by atoms with Crippen LogP contribution < -0.4 is 5.32 Å². The maximum Gasteiger partial charge on any atom is 0.416 e. The molecule has 0 spiro atoms. The first-order valence-corrected chi connectivity index (χ1v) is 12.2. The number of halogens is 3. The van der Waals surface area contributed by atoms with Crippen LogP contribution in [0.5, 0.6) is 0 Å². The highest BCUT2D eigenvalue weighted by atomic mass is 32.2. The maximum atomic E-state index is 13.0. The summed E-state index contributed by atoms with van der Waals surface area (Å²) in [5.41, 5.74) is -0.893. The molecule has 1 saturated heterocycles. The fraction of sp³-hybridized carbons (Fsp3) is 0.619. The average molecular weight is 492 g/mol. The van der Waals surface area contributed by atoms with Gasteiger partial charge in [-0.15, -0.1) is 0 Å². The Morgan fingerprint density at radius 2 is 1.94 bits per heavy atom. The van der Waals surface area contributed by atoms with Gasteiger partial charge in [-0.25, -0.2) is 13.2 Å². The second kappa shape index (κ2) is 9.98. The first kappa shape index (κ1) is 25.4. The van der Waals surface area contributed by atoms with Gasteiger partial charge in [0.1, 0.15) is 6.29 Å². The molecule has 184 valence electrons. The second-order valence-corrected chi connectivity index (χ2v) is 10.6. The van der Waals surface area contributed by atoms with Gasteiger partial charge in [-0.05, 0) is 68.3 Å². The quantitative estimate of drug-likeness (QED) is 0.406. The van der Waals surface area contributed by atoms with Crippen LogP contribution in [-0.4, -0.2) is 73.9 Å². The van der Waals surface area contributed by atoms with Gasteiger partial charge < -0.3 is 20.1 Å². The van der Waals surface area contributed by atoms with Gasteiger partial charge in [-0.3, -0.25) is 0 Å². The summed E-state index contributed by atoms with van der Waals surface area (Å²) < 4.78 is 65.6. The molecule has 8 nitrogen and oxygen atoms in total. The van der Waals surface area contributed by atoms with Gasteiger partial charge >= 0.3 is 12.3 Å². The summed E-state index contributed by atoms with van der Waals surface area (Å²) in [6, 6.07) is 2.94. The molecule has 1 aromatic carbocycles. The summed E-state index contributed by atoms with van der Waals surface area (Å²) in [5, 5.41) is 12.4. The van der Waals surface area contributed by atoms with E-state index in [4.69, 9.17) is 5.11 Å². The van der Waals surface area contributed by atoms with Crippen molar-refractivity contribution in [1.82, 2.24) is 14.5 Å². The Bertz CT molecular complexity index is 955. The number of benzene rings is 1. The molecule has 33 heavy (non-hydrogen) atoms. The number of sulfonamides is 1. The number of rotatable bonds is 9. The third-order valence-corrected chi connectivity index (χ3v) is 8.53. The predicted molar refractivity (Wildman–Crippen MR) is 113 cm³/mol. The smallest absolute Gasteiger partial charge is 0.416 e. The molecular weight excluding hydrogens is 463 g/mol. The molecule has 1 heterocycles. The first-order chi connectivity index (χ1) is 15.4. The zero-order valence-corrected chi connectivity index (χ0v) is 19.0. The molecule has 1 aliphatic carbocycles. The van der Waals surface area contributed by atoms with Gasteiger partial charge in [-0.2, -0.15) is 17.5 Å². The minimum Gasteiger partial charge on any atom is -0.465 e. The number of carbonyl (C=O) groups excluding carboxylic acids is 1. The van der Waals surface area contributed by atoms with Crippen molar-refractivity contribution in [3.63, 3.8) is 0 Å². The molecule has 1 amide bonds. The van der Waals surface area contributed by atoms with Crippen LogP contribution in [0.4, 0.5) is 18.0 Å². The molecule has 0 bridgehead atoms. The molecule has 2 N–H and O–H groups in total. The van der Waals surface area contributed by atoms with E-state index in [1.807, 2.05) is 0 Å². The summed E-state index contributed by atoms with van der Waals surface area (Å²) in [6.45, 7) is 1.20. The van der Waals surface area contributed by atoms with Crippen LogP contribution in [0, 0.1) is 11.8 Å². The summed E-state index contributed by atoms with van der Waals surface area (Å²) in [7, 11) is -2.54. The number of amides is 1. The van der Waals surface area contributed by atoms with Gasteiger partial charge in [0.25, 0.3) is 0 Å². The minimum atomic E-state index is -4.53. The Kier molecular flexibility index (Phi) is 7.69. The summed E-state index contributed by atoms with van der Waals surface area (Å²) in [4.78, 5) is 22.9. The van der Waals surface area contributed by atoms with Gasteiger partial charge in [-0.1, -0.05) is 0 Å². The summed E-state index contributed by atoms with van der Waals surface area (Å²) in [5.74, 6) is 0.269. The van der Waals surface area contributed by atoms with Crippen molar-refractivity contribution < 1.29 is 36.3 Å². The van der Waals surface area contributed by atoms with Crippen LogP contribution >= 0.6 is 0 Å². The van der Waals surface area contributed by atoms with Crippen LogP contribution in [0.3, 0.4) is 0 Å². The standard InChI is InChI=1S/C21H28F3N3O5S/c1-26(20(29)30)16(13-28)3-2-10-25-19-9-4-14-11-27(12-18(14)19)33(31,32)17-7-5-15(6-8-17)21(22,23)24/h5-8,13-14,16,18-19,25H,2-4,9-12H2,1H3,(H,29,30)/t14-,16?,18?,19+/m1/s1. The lowest BCUT2D eigenvalue weighted by Crippen LogP contribution is -2.39. The van der Waals surface area contributed by atoms with E-state index in [0.29, 0.717) is 38.8 Å². The number of carboxylic acid groups (broad SMARTS) is 1. The monoisotopic (exact) mass is 491 g/mol. The van der Waals surface area contributed by atoms with Crippen LogP contribution in [0.15, 0.2) is 29.2 Å². The van der Waals surface area contributed by atoms with Crippen LogP contribution in [0.2, 0.25) is 0 Å². The fourth-order valence-corrected chi connectivity index (χ4v) is 6.27. The van der Waals surface area contributed by atoms with Crippen LogP contribution in [0.25, 0.3) is 0 Å². The van der Waals surface area contributed by atoms with Crippen molar-refractivity contribution in [2.75, 3.05) is 26.7 Å². The third-order valence-electron chi connectivity index (χ3n) is 6.68. The number of aldehydes is 1. The Balaban J connectivity index is 1.55. The Morgan fingerprint density at radius 1 is 1.27 bits per heavy atom. The van der Waals surface area contributed by atoms with E-state index in [0.717, 1.165) is 42.0 Å². The Hall–Kier alpha value is -2.18. The largest absolute Gasteiger partial charge is 0.465 e. The predicted octanol–water partition coefficient (Wildman–Crippen LogP) is 2.65. The van der Waals surface area contributed by atoms with E-state index in [9.17, 15) is 31.2 Å². The van der Waals surface area contributed by atoms with Gasteiger partial charge in [0.2, 0.25) is 10.0 Å². The number of likely N-dealkylation sites (N-methyl/N-ethyl adjacent to an activating group) is 1. The Labute approximate surface area is 190 Å². The SMILES string of the molecule is CN(C(=O)O)C(C=O)CCCN[C@H]1CC[C@@H]2CN(S(=O)(=O)c3ccc(C(F)(F)F)cc3)CC21. The summed E-state index contributed by atoms with van der Waals surface area (Å²) in [6.07, 6.45) is -2.38. The van der Waals surface area contributed by atoms with E-state index in [-0.39, 0.29) is 22.8 Å². The van der Waals surface area contributed by atoms with Crippen molar-refractivity contribution in [3.05, 3.63) is 29.8 Å². The van der Waals surface area contributed by atoms with Crippen molar-refractivity contribution in [3.8, 4) is 0 Å². The van der Waals surface area contributed by atoms with Crippen molar-refractivity contribution in [2.24, 2.45) is 11.8 Å². The number of hydrogen-bond acceptors (Lipinski definition) is 5. The zero-order chi connectivity index (χ0) is 24.4. The lowest BCUT2D eigenvalue weighted by atomic mass is 9.97. The molecule has 0 aromatic heterocycles. The topological polar surface area (TPSA) is 107 Å². The van der Waals surface area contributed by atoms with Crippen molar-refractivity contribution >= 4 is 22.4 Å². The third kappa shape index (κ3) is 5.67. The van der Waals surface area contributed by atoms with E-state index in [2.05, 4.69) is 5.32 Å². The highest BCUT2D eigenvalue weighted by molar-refractivity contribution is 7.89. The van der Waals surface area contributed by atoms with Crippen LogP contribution in [0.1, 0.15) is 31.2 Å². The molecule has 12 heteroatoms. The number of nitrogens with zero attached hydrogens (tertiary/aromatic N) is 2. The lowest BCUT2D eigenvalue weighted by molar-refractivity contribution is -0.137. The molecule has 1 saturated carbocycles. The normalized spacial score (nSPS) is 24.4. The van der Waals surface area contributed by atoms with E-state index in [1.54, 1.807) is 0 Å². The lowest BCUT2D eigenvalue weighted by Gasteiger charge is -2.23. The van der Waals surface area contributed by atoms with E-state index in [1.165, 1.54) is 11.4 Å². The van der Waals surface area contributed by atoms with E-state index >= 15 is 0 Å². The minimum absolute atomic E-state index is 0.0923. The fourth-order valence-electron chi connectivity index (χ4n) is 4.73. The highest BCUT2D eigenvalue weighted by Crippen LogP contribution is 2.40. The second-order valence-electron chi connectivity index (χ2n) is 8.65. The molecule has 3 rings (SSSR count). The van der Waals surface area contributed by atoms with Crippen molar-refractivity contribution in [1.29, 1.82) is 0 Å².